The largest absolute Gasteiger partial charge is 0.497 e. The number of ether oxygens (including phenoxy) is 2. The van der Waals surface area contributed by atoms with Crippen molar-refractivity contribution >= 4 is 17.5 Å². The van der Waals surface area contributed by atoms with Gasteiger partial charge < -0.3 is 19.7 Å². The first kappa shape index (κ1) is 18.8. The molecule has 1 N–H and O–H groups in total. The maximum atomic E-state index is 12.3. The molecule has 6 nitrogen and oxygen atoms in total. The van der Waals surface area contributed by atoms with Crippen molar-refractivity contribution in [1.29, 1.82) is 0 Å². The minimum atomic E-state index is -0.245. The molecule has 1 aliphatic heterocycles. The second-order valence-corrected chi connectivity index (χ2v) is 6.71. The molecule has 1 aliphatic rings. The summed E-state index contributed by atoms with van der Waals surface area (Å²) < 4.78 is 10.6. The molecule has 0 saturated carbocycles. The zero-order valence-electron chi connectivity index (χ0n) is 15.8. The number of hydrogen-bond acceptors (Lipinski definition) is 4. The molecule has 0 aliphatic carbocycles. The van der Waals surface area contributed by atoms with Crippen LogP contribution in [0.1, 0.15) is 17.5 Å². The van der Waals surface area contributed by atoms with E-state index in [-0.39, 0.29) is 24.5 Å². The molecule has 2 amide bonds. The first-order valence-electron chi connectivity index (χ1n) is 8.90. The molecule has 0 aromatic heterocycles. The van der Waals surface area contributed by atoms with Crippen molar-refractivity contribution in [2.75, 3.05) is 25.2 Å². The average molecular weight is 368 g/mol. The highest BCUT2D eigenvalue weighted by atomic mass is 16.5. The SMILES string of the molecule is COc1ccc(OCC(=O)N[C@H]2CC(=O)N(c3ccc(C)c(C)c3)C2)cc1. The van der Waals surface area contributed by atoms with Gasteiger partial charge in [0.25, 0.3) is 5.91 Å². The zero-order chi connectivity index (χ0) is 19.4. The summed E-state index contributed by atoms with van der Waals surface area (Å²) in [5.74, 6) is 1.08. The van der Waals surface area contributed by atoms with Crippen LogP contribution in [0.25, 0.3) is 0 Å². The van der Waals surface area contributed by atoms with E-state index >= 15 is 0 Å². The van der Waals surface area contributed by atoms with E-state index in [0.717, 1.165) is 17.0 Å². The smallest absolute Gasteiger partial charge is 0.258 e. The van der Waals surface area contributed by atoms with Crippen LogP contribution in [0.4, 0.5) is 5.69 Å². The second-order valence-electron chi connectivity index (χ2n) is 6.71. The number of nitrogens with one attached hydrogen (secondary N) is 1. The van der Waals surface area contributed by atoms with Crippen molar-refractivity contribution in [3.63, 3.8) is 0 Å². The van der Waals surface area contributed by atoms with Crippen LogP contribution in [-0.4, -0.2) is 38.1 Å². The fourth-order valence-corrected chi connectivity index (χ4v) is 3.04. The summed E-state index contributed by atoms with van der Waals surface area (Å²) in [6.07, 6.45) is 0.293. The van der Waals surface area contributed by atoms with Crippen molar-refractivity contribution in [2.45, 2.75) is 26.3 Å². The minimum Gasteiger partial charge on any atom is -0.497 e. The lowest BCUT2D eigenvalue weighted by molar-refractivity contribution is -0.123. The number of methoxy groups -OCH3 is 1. The van der Waals surface area contributed by atoms with E-state index in [0.29, 0.717) is 18.7 Å². The number of anilines is 1. The Balaban J connectivity index is 1.52. The molecular weight excluding hydrogens is 344 g/mol. The number of hydrogen-bond donors (Lipinski definition) is 1. The molecule has 0 spiro atoms. The van der Waals surface area contributed by atoms with Crippen LogP contribution in [0.2, 0.25) is 0 Å². The van der Waals surface area contributed by atoms with Gasteiger partial charge in [-0.15, -0.1) is 0 Å². The Labute approximate surface area is 159 Å². The number of benzene rings is 2. The van der Waals surface area contributed by atoms with Gasteiger partial charge in [-0.2, -0.15) is 0 Å². The lowest BCUT2D eigenvalue weighted by Crippen LogP contribution is -2.39. The summed E-state index contributed by atoms with van der Waals surface area (Å²) in [5, 5.41) is 2.88. The quantitative estimate of drug-likeness (QED) is 0.851. The first-order valence-corrected chi connectivity index (χ1v) is 8.90. The Morgan fingerprint density at radius 2 is 1.81 bits per heavy atom. The lowest BCUT2D eigenvalue weighted by Gasteiger charge is -2.18. The third-order valence-electron chi connectivity index (χ3n) is 4.72. The molecule has 1 heterocycles. The molecule has 0 bridgehead atoms. The predicted molar refractivity (Wildman–Crippen MR) is 103 cm³/mol. The van der Waals surface area contributed by atoms with Crippen LogP contribution >= 0.6 is 0 Å². The molecule has 2 aromatic rings. The van der Waals surface area contributed by atoms with Gasteiger partial charge >= 0.3 is 0 Å². The van der Waals surface area contributed by atoms with E-state index in [1.807, 2.05) is 32.0 Å². The highest BCUT2D eigenvalue weighted by Gasteiger charge is 2.31. The van der Waals surface area contributed by atoms with E-state index in [9.17, 15) is 9.59 Å². The molecule has 27 heavy (non-hydrogen) atoms. The van der Waals surface area contributed by atoms with Crippen LogP contribution in [-0.2, 0) is 9.59 Å². The standard InChI is InChI=1S/C21H24N2O4/c1-14-4-5-17(10-15(14)2)23-12-16(11-21(23)25)22-20(24)13-27-19-8-6-18(26-3)7-9-19/h4-10,16H,11-13H2,1-3H3,(H,22,24)/t16-/m0/s1. The van der Waals surface area contributed by atoms with Gasteiger partial charge in [-0.25, -0.2) is 0 Å². The number of aryl methyl sites for hydroxylation is 2. The summed E-state index contributed by atoms with van der Waals surface area (Å²) in [5.41, 5.74) is 3.20. The van der Waals surface area contributed by atoms with Crippen molar-refractivity contribution in [2.24, 2.45) is 0 Å². The minimum absolute atomic E-state index is 0.0135. The maximum absolute atomic E-state index is 12.3. The van der Waals surface area contributed by atoms with Crippen LogP contribution < -0.4 is 19.7 Å². The van der Waals surface area contributed by atoms with E-state index in [1.54, 1.807) is 36.3 Å². The fourth-order valence-electron chi connectivity index (χ4n) is 3.04. The topological polar surface area (TPSA) is 67.9 Å². The van der Waals surface area contributed by atoms with Gasteiger partial charge in [0.1, 0.15) is 11.5 Å². The molecule has 142 valence electrons. The van der Waals surface area contributed by atoms with Crippen molar-refractivity contribution < 1.29 is 19.1 Å². The predicted octanol–water partition coefficient (Wildman–Crippen LogP) is 2.61. The average Bonchev–Trinajstić information content (AvgIpc) is 3.02. The van der Waals surface area contributed by atoms with Gasteiger partial charge in [0.2, 0.25) is 5.91 Å². The van der Waals surface area contributed by atoms with Gasteiger partial charge in [-0.05, 0) is 61.4 Å². The molecule has 0 unspecified atom stereocenters. The van der Waals surface area contributed by atoms with Gasteiger partial charge in [-0.3, -0.25) is 9.59 Å². The van der Waals surface area contributed by atoms with E-state index in [2.05, 4.69) is 5.32 Å². The van der Waals surface area contributed by atoms with Gasteiger partial charge in [0.05, 0.1) is 13.2 Å². The zero-order valence-corrected chi connectivity index (χ0v) is 15.8. The Morgan fingerprint density at radius 1 is 1.11 bits per heavy atom. The van der Waals surface area contributed by atoms with Crippen molar-refractivity contribution in [3.8, 4) is 11.5 Å². The van der Waals surface area contributed by atoms with Crippen LogP contribution in [0, 0.1) is 13.8 Å². The molecule has 1 saturated heterocycles. The number of rotatable bonds is 6. The van der Waals surface area contributed by atoms with Crippen LogP contribution in [0.5, 0.6) is 11.5 Å². The normalized spacial score (nSPS) is 16.3. The van der Waals surface area contributed by atoms with Crippen LogP contribution in [0.3, 0.4) is 0 Å². The molecule has 0 radical (unpaired) electrons. The summed E-state index contributed by atoms with van der Waals surface area (Å²) in [4.78, 5) is 26.2. The third kappa shape index (κ3) is 4.58. The highest BCUT2D eigenvalue weighted by molar-refractivity contribution is 5.97. The molecule has 1 fully saturated rings. The number of amides is 2. The van der Waals surface area contributed by atoms with E-state index < -0.39 is 0 Å². The van der Waals surface area contributed by atoms with Gasteiger partial charge in [0.15, 0.2) is 6.61 Å². The summed E-state index contributed by atoms with van der Waals surface area (Å²) in [7, 11) is 1.59. The fraction of sp³-hybridized carbons (Fsp3) is 0.333. The number of nitrogens with zero attached hydrogens (tertiary/aromatic N) is 1. The van der Waals surface area contributed by atoms with Crippen LogP contribution in [0.15, 0.2) is 42.5 Å². The van der Waals surface area contributed by atoms with Crippen molar-refractivity contribution in [3.05, 3.63) is 53.6 Å². The molecule has 2 aromatic carbocycles. The summed E-state index contributed by atoms with van der Waals surface area (Å²) in [6.45, 7) is 4.43. The molecule has 1 atom stereocenters. The Hall–Kier alpha value is -3.02. The third-order valence-corrected chi connectivity index (χ3v) is 4.72. The second kappa shape index (κ2) is 8.12. The maximum Gasteiger partial charge on any atom is 0.258 e. The monoisotopic (exact) mass is 368 g/mol. The van der Waals surface area contributed by atoms with E-state index in [1.165, 1.54) is 5.56 Å². The number of carbonyl (C=O) groups is 2. The molecule has 3 rings (SSSR count). The Morgan fingerprint density at radius 3 is 2.48 bits per heavy atom. The Bertz CT molecular complexity index is 833. The van der Waals surface area contributed by atoms with Gasteiger partial charge in [0, 0.05) is 18.7 Å². The molecular formula is C21H24N2O4. The van der Waals surface area contributed by atoms with Gasteiger partial charge in [-0.1, -0.05) is 6.07 Å². The Kier molecular flexibility index (Phi) is 5.64. The number of carbonyl (C=O) groups excluding carboxylic acids is 2. The van der Waals surface area contributed by atoms with E-state index in [4.69, 9.17) is 9.47 Å². The summed E-state index contributed by atoms with van der Waals surface area (Å²) >= 11 is 0. The highest BCUT2D eigenvalue weighted by Crippen LogP contribution is 2.24. The lowest BCUT2D eigenvalue weighted by atomic mass is 10.1. The first-order chi connectivity index (χ1) is 13.0. The summed E-state index contributed by atoms with van der Waals surface area (Å²) in [6, 6.07) is 12.8. The van der Waals surface area contributed by atoms with Crippen molar-refractivity contribution in [1.82, 2.24) is 5.32 Å². The molecule has 6 heteroatoms.